The summed E-state index contributed by atoms with van der Waals surface area (Å²) in [7, 11) is 0. The summed E-state index contributed by atoms with van der Waals surface area (Å²) in [5.74, 6) is -2.32. The van der Waals surface area contributed by atoms with Gasteiger partial charge in [-0.1, -0.05) is 18.2 Å². The summed E-state index contributed by atoms with van der Waals surface area (Å²) < 4.78 is 1.34. The lowest BCUT2D eigenvalue weighted by molar-refractivity contribution is 0.0685. The number of aromatic carboxylic acids is 2. The molecule has 2 rings (SSSR count). The van der Waals surface area contributed by atoms with Crippen molar-refractivity contribution in [2.24, 2.45) is 0 Å². The average Bonchev–Trinajstić information content (AvgIpc) is 2.75. The fourth-order valence-electron chi connectivity index (χ4n) is 1.55. The molecule has 0 saturated heterocycles. The lowest BCUT2D eigenvalue weighted by Gasteiger charge is -2.04. The quantitative estimate of drug-likeness (QED) is 0.845. The van der Waals surface area contributed by atoms with Crippen molar-refractivity contribution in [1.82, 2.24) is 4.57 Å². The second kappa shape index (κ2) is 4.13. The first-order valence-electron chi connectivity index (χ1n) is 4.84. The number of rotatable bonds is 3. The number of aromatic nitrogens is 1. The maximum Gasteiger partial charge on any atom is 0.352 e. The summed E-state index contributed by atoms with van der Waals surface area (Å²) in [6, 6.07) is 9.85. The van der Waals surface area contributed by atoms with Gasteiger partial charge in [-0.25, -0.2) is 9.59 Å². The van der Waals surface area contributed by atoms with Crippen LogP contribution in [0.25, 0.3) is 5.69 Å². The Kier molecular flexibility index (Phi) is 2.66. The minimum Gasteiger partial charge on any atom is -0.478 e. The van der Waals surface area contributed by atoms with E-state index in [1.807, 2.05) is 0 Å². The molecule has 0 saturated carbocycles. The fraction of sp³-hybridized carbons (Fsp3) is 0. The Balaban J connectivity index is 2.60. The first-order valence-corrected chi connectivity index (χ1v) is 4.84. The van der Waals surface area contributed by atoms with Gasteiger partial charge in [0.25, 0.3) is 0 Å². The molecule has 86 valence electrons. The number of nitrogens with zero attached hydrogens (tertiary/aromatic N) is 1. The molecule has 0 atom stereocenters. The maximum atomic E-state index is 11.0. The van der Waals surface area contributed by atoms with E-state index >= 15 is 0 Å². The van der Waals surface area contributed by atoms with Gasteiger partial charge < -0.3 is 14.8 Å². The second-order valence-corrected chi connectivity index (χ2v) is 3.43. The molecule has 1 aromatic carbocycles. The van der Waals surface area contributed by atoms with Crippen LogP contribution in [0.2, 0.25) is 0 Å². The van der Waals surface area contributed by atoms with Gasteiger partial charge in [0.05, 0.1) is 5.56 Å². The summed E-state index contributed by atoms with van der Waals surface area (Å²) >= 11 is 0. The van der Waals surface area contributed by atoms with Crippen molar-refractivity contribution in [1.29, 1.82) is 0 Å². The standard InChI is InChI=1S/C12H9NO4/c14-11(15)8-6-10(12(16)17)13(7-8)9-4-2-1-3-5-9/h1-7H,(H,14,15)(H,16,17). The summed E-state index contributed by atoms with van der Waals surface area (Å²) in [5, 5.41) is 17.9. The van der Waals surface area contributed by atoms with Gasteiger partial charge in [0, 0.05) is 11.9 Å². The molecule has 0 spiro atoms. The van der Waals surface area contributed by atoms with Crippen LogP contribution in [0.1, 0.15) is 20.8 Å². The van der Waals surface area contributed by atoms with E-state index < -0.39 is 11.9 Å². The third-order valence-corrected chi connectivity index (χ3v) is 2.32. The van der Waals surface area contributed by atoms with Crippen LogP contribution in [-0.4, -0.2) is 26.7 Å². The van der Waals surface area contributed by atoms with Crippen LogP contribution < -0.4 is 0 Å². The SMILES string of the molecule is O=C(O)c1cc(C(=O)O)n(-c2ccccc2)c1. The van der Waals surface area contributed by atoms with Crippen LogP contribution in [0.15, 0.2) is 42.6 Å². The first kappa shape index (κ1) is 10.9. The van der Waals surface area contributed by atoms with E-state index in [4.69, 9.17) is 10.2 Å². The van der Waals surface area contributed by atoms with E-state index in [2.05, 4.69) is 0 Å². The molecule has 5 nitrogen and oxygen atoms in total. The van der Waals surface area contributed by atoms with Gasteiger partial charge in [0.2, 0.25) is 0 Å². The summed E-state index contributed by atoms with van der Waals surface area (Å²) in [5.41, 5.74) is 0.484. The Labute approximate surface area is 96.5 Å². The van der Waals surface area contributed by atoms with Crippen molar-refractivity contribution in [3.8, 4) is 5.69 Å². The number of carboxylic acids is 2. The van der Waals surface area contributed by atoms with Crippen molar-refractivity contribution in [3.63, 3.8) is 0 Å². The maximum absolute atomic E-state index is 11.0. The molecule has 0 aliphatic rings. The van der Waals surface area contributed by atoms with E-state index in [1.54, 1.807) is 30.3 Å². The number of hydrogen-bond donors (Lipinski definition) is 2. The molecule has 0 aliphatic heterocycles. The van der Waals surface area contributed by atoms with Gasteiger partial charge in [-0.2, -0.15) is 0 Å². The van der Waals surface area contributed by atoms with E-state index in [0.717, 1.165) is 6.07 Å². The highest BCUT2D eigenvalue weighted by Crippen LogP contribution is 2.16. The van der Waals surface area contributed by atoms with Gasteiger partial charge in [-0.05, 0) is 18.2 Å². The molecular formula is C12H9NO4. The smallest absolute Gasteiger partial charge is 0.352 e. The molecule has 5 heteroatoms. The number of hydrogen-bond acceptors (Lipinski definition) is 2. The van der Waals surface area contributed by atoms with Crippen molar-refractivity contribution < 1.29 is 19.8 Å². The fourth-order valence-corrected chi connectivity index (χ4v) is 1.55. The van der Waals surface area contributed by atoms with Crippen LogP contribution in [0, 0.1) is 0 Å². The third-order valence-electron chi connectivity index (χ3n) is 2.32. The lowest BCUT2D eigenvalue weighted by Crippen LogP contribution is -2.05. The number of carbonyl (C=O) groups is 2. The molecular weight excluding hydrogens is 222 g/mol. The highest BCUT2D eigenvalue weighted by molar-refractivity contribution is 5.93. The van der Waals surface area contributed by atoms with Crippen molar-refractivity contribution in [2.45, 2.75) is 0 Å². The normalized spacial score (nSPS) is 10.1. The first-order chi connectivity index (χ1) is 8.09. The van der Waals surface area contributed by atoms with Crippen molar-refractivity contribution >= 4 is 11.9 Å². The van der Waals surface area contributed by atoms with Gasteiger partial charge in [-0.15, -0.1) is 0 Å². The Bertz CT molecular complexity index is 571. The summed E-state index contributed by atoms with van der Waals surface area (Å²) in [4.78, 5) is 21.8. The minimum absolute atomic E-state index is 0.0498. The van der Waals surface area contributed by atoms with Crippen LogP contribution in [0.3, 0.4) is 0 Å². The molecule has 2 N–H and O–H groups in total. The zero-order chi connectivity index (χ0) is 12.4. The molecule has 0 radical (unpaired) electrons. The van der Waals surface area contributed by atoms with Gasteiger partial charge in [-0.3, -0.25) is 0 Å². The Morgan fingerprint density at radius 1 is 1.00 bits per heavy atom. The molecule has 1 heterocycles. The van der Waals surface area contributed by atoms with Crippen LogP contribution in [0.5, 0.6) is 0 Å². The van der Waals surface area contributed by atoms with Crippen LogP contribution in [0.4, 0.5) is 0 Å². The Hall–Kier alpha value is -2.56. The molecule has 0 fully saturated rings. The molecule has 2 aromatic rings. The lowest BCUT2D eigenvalue weighted by atomic mass is 10.3. The number of para-hydroxylation sites is 1. The second-order valence-electron chi connectivity index (χ2n) is 3.43. The largest absolute Gasteiger partial charge is 0.478 e. The van der Waals surface area contributed by atoms with Crippen LogP contribution >= 0.6 is 0 Å². The predicted octanol–water partition coefficient (Wildman–Crippen LogP) is 1.87. The van der Waals surface area contributed by atoms with Gasteiger partial charge in [0.1, 0.15) is 5.69 Å². The number of benzene rings is 1. The highest BCUT2D eigenvalue weighted by atomic mass is 16.4. The van der Waals surface area contributed by atoms with E-state index in [0.29, 0.717) is 5.69 Å². The van der Waals surface area contributed by atoms with Crippen molar-refractivity contribution in [2.75, 3.05) is 0 Å². The van der Waals surface area contributed by atoms with E-state index in [1.165, 1.54) is 10.8 Å². The zero-order valence-electron chi connectivity index (χ0n) is 8.70. The minimum atomic E-state index is -1.17. The summed E-state index contributed by atoms with van der Waals surface area (Å²) in [6.07, 6.45) is 1.29. The predicted molar refractivity (Wildman–Crippen MR) is 59.7 cm³/mol. The zero-order valence-corrected chi connectivity index (χ0v) is 8.70. The van der Waals surface area contributed by atoms with Crippen molar-refractivity contribution in [3.05, 3.63) is 53.9 Å². The average molecular weight is 231 g/mol. The molecule has 0 amide bonds. The van der Waals surface area contributed by atoms with E-state index in [9.17, 15) is 9.59 Å². The number of carboxylic acid groups (broad SMARTS) is 2. The highest BCUT2D eigenvalue weighted by Gasteiger charge is 2.16. The third kappa shape index (κ3) is 2.03. The molecule has 17 heavy (non-hydrogen) atoms. The Morgan fingerprint density at radius 3 is 2.18 bits per heavy atom. The van der Waals surface area contributed by atoms with E-state index in [-0.39, 0.29) is 11.3 Å². The molecule has 1 aromatic heterocycles. The molecule has 0 aliphatic carbocycles. The van der Waals surface area contributed by atoms with Gasteiger partial charge in [0.15, 0.2) is 0 Å². The molecule has 0 bridgehead atoms. The summed E-state index contributed by atoms with van der Waals surface area (Å²) in [6.45, 7) is 0. The van der Waals surface area contributed by atoms with Crippen LogP contribution in [-0.2, 0) is 0 Å². The monoisotopic (exact) mass is 231 g/mol. The topological polar surface area (TPSA) is 79.5 Å². The Morgan fingerprint density at radius 2 is 1.65 bits per heavy atom. The molecule has 0 unspecified atom stereocenters. The van der Waals surface area contributed by atoms with Gasteiger partial charge >= 0.3 is 11.9 Å².